The summed E-state index contributed by atoms with van der Waals surface area (Å²) in [5.74, 6) is 0.165. The molecule has 3 heteroatoms. The third kappa shape index (κ3) is 2.71. The molecule has 2 unspecified atom stereocenters. The van der Waals surface area contributed by atoms with Gasteiger partial charge in [0, 0.05) is 31.5 Å². The Morgan fingerprint density at radius 2 is 2.18 bits per heavy atom. The average Bonchev–Trinajstić information content (AvgIpc) is 2.76. The van der Waals surface area contributed by atoms with Gasteiger partial charge in [-0.25, -0.2) is 0 Å². The Morgan fingerprint density at radius 3 is 2.88 bits per heavy atom. The molecule has 90 valence electrons. The molecule has 1 aliphatic carbocycles. The van der Waals surface area contributed by atoms with Crippen molar-refractivity contribution in [1.82, 2.24) is 0 Å². The minimum Gasteiger partial charge on any atom is -0.381 e. The van der Waals surface area contributed by atoms with Crippen LogP contribution in [0.15, 0.2) is 24.3 Å². The molecule has 1 fully saturated rings. The van der Waals surface area contributed by atoms with Gasteiger partial charge in [0.05, 0.1) is 12.0 Å². The summed E-state index contributed by atoms with van der Waals surface area (Å²) in [5.41, 5.74) is 2.30. The maximum absolute atomic E-state index is 9.06. The summed E-state index contributed by atoms with van der Waals surface area (Å²) in [6.07, 6.45) is 3.29. The molecule has 1 aromatic carbocycles. The number of nitrogens with zero attached hydrogens (tertiary/aromatic N) is 2. The van der Waals surface area contributed by atoms with E-state index in [-0.39, 0.29) is 5.92 Å². The molecule has 3 nitrogen and oxygen atoms in total. The van der Waals surface area contributed by atoms with Crippen molar-refractivity contribution in [3.05, 3.63) is 24.3 Å². The van der Waals surface area contributed by atoms with Crippen LogP contribution >= 0.6 is 0 Å². The van der Waals surface area contributed by atoms with Crippen LogP contribution in [-0.2, 0) is 0 Å². The maximum atomic E-state index is 9.06. The molecule has 0 aliphatic heterocycles. The molecule has 0 amide bonds. The van der Waals surface area contributed by atoms with E-state index in [0.29, 0.717) is 6.04 Å². The van der Waals surface area contributed by atoms with Gasteiger partial charge >= 0.3 is 0 Å². The number of hydrogen-bond acceptors (Lipinski definition) is 3. The number of hydrogen-bond donors (Lipinski definition) is 1. The molecule has 1 aliphatic rings. The number of benzene rings is 1. The fourth-order valence-corrected chi connectivity index (χ4v) is 2.38. The first-order valence-electron chi connectivity index (χ1n) is 6.14. The lowest BCUT2D eigenvalue weighted by molar-refractivity contribution is 0.630. The molecule has 0 bridgehead atoms. The fraction of sp³-hybridized carbons (Fsp3) is 0.500. The molecule has 2 rings (SSSR count). The van der Waals surface area contributed by atoms with Gasteiger partial charge in [-0.3, -0.25) is 0 Å². The summed E-state index contributed by atoms with van der Waals surface area (Å²) in [6.45, 7) is 0. The summed E-state index contributed by atoms with van der Waals surface area (Å²) in [4.78, 5) is 2.08. The SMILES string of the molecule is CN(C)c1cccc(NC2CCCC2C#N)c1. The lowest BCUT2D eigenvalue weighted by Gasteiger charge is -2.19. The van der Waals surface area contributed by atoms with E-state index in [1.165, 1.54) is 5.69 Å². The van der Waals surface area contributed by atoms with Crippen LogP contribution in [0.2, 0.25) is 0 Å². The number of nitriles is 1. The Labute approximate surface area is 103 Å². The van der Waals surface area contributed by atoms with Gasteiger partial charge < -0.3 is 10.2 Å². The molecule has 0 radical (unpaired) electrons. The van der Waals surface area contributed by atoms with E-state index in [1.54, 1.807) is 0 Å². The molecule has 1 saturated carbocycles. The van der Waals surface area contributed by atoms with Crippen LogP contribution in [0.5, 0.6) is 0 Å². The van der Waals surface area contributed by atoms with E-state index in [1.807, 2.05) is 20.2 Å². The van der Waals surface area contributed by atoms with Gasteiger partial charge in [-0.1, -0.05) is 6.07 Å². The van der Waals surface area contributed by atoms with Crippen molar-refractivity contribution in [1.29, 1.82) is 5.26 Å². The smallest absolute Gasteiger partial charge is 0.0677 e. The second-order valence-corrected chi connectivity index (χ2v) is 4.86. The van der Waals surface area contributed by atoms with Crippen LogP contribution in [-0.4, -0.2) is 20.1 Å². The monoisotopic (exact) mass is 229 g/mol. The van der Waals surface area contributed by atoms with E-state index in [9.17, 15) is 0 Å². The Balaban J connectivity index is 2.08. The fourth-order valence-electron chi connectivity index (χ4n) is 2.38. The van der Waals surface area contributed by atoms with Crippen LogP contribution in [0, 0.1) is 17.2 Å². The summed E-state index contributed by atoms with van der Waals surface area (Å²) >= 11 is 0. The van der Waals surface area contributed by atoms with E-state index in [0.717, 1.165) is 24.9 Å². The Hall–Kier alpha value is -1.69. The average molecular weight is 229 g/mol. The lowest BCUT2D eigenvalue weighted by Crippen LogP contribution is -2.22. The zero-order valence-electron chi connectivity index (χ0n) is 10.5. The van der Waals surface area contributed by atoms with Gasteiger partial charge in [0.2, 0.25) is 0 Å². The van der Waals surface area contributed by atoms with Crippen molar-refractivity contribution < 1.29 is 0 Å². The van der Waals surface area contributed by atoms with Gasteiger partial charge in [-0.05, 0) is 37.5 Å². The molecule has 0 spiro atoms. The topological polar surface area (TPSA) is 39.1 Å². The quantitative estimate of drug-likeness (QED) is 0.866. The summed E-state index contributed by atoms with van der Waals surface area (Å²) in [5, 5.41) is 12.5. The number of rotatable bonds is 3. The normalized spacial score (nSPS) is 23.1. The van der Waals surface area contributed by atoms with E-state index in [2.05, 4.69) is 34.5 Å². The van der Waals surface area contributed by atoms with Crippen molar-refractivity contribution in [3.8, 4) is 6.07 Å². The van der Waals surface area contributed by atoms with Crippen LogP contribution in [0.1, 0.15) is 19.3 Å². The molecule has 17 heavy (non-hydrogen) atoms. The third-order valence-electron chi connectivity index (χ3n) is 3.40. The number of nitrogens with one attached hydrogen (secondary N) is 1. The molecular weight excluding hydrogens is 210 g/mol. The van der Waals surface area contributed by atoms with Crippen LogP contribution in [0.25, 0.3) is 0 Å². The van der Waals surface area contributed by atoms with Gasteiger partial charge in [-0.2, -0.15) is 5.26 Å². The lowest BCUT2D eigenvalue weighted by atomic mass is 10.1. The third-order valence-corrected chi connectivity index (χ3v) is 3.40. The van der Waals surface area contributed by atoms with Gasteiger partial charge in [0.1, 0.15) is 0 Å². The number of anilines is 2. The van der Waals surface area contributed by atoms with Crippen molar-refractivity contribution in [2.45, 2.75) is 25.3 Å². The van der Waals surface area contributed by atoms with Gasteiger partial charge in [-0.15, -0.1) is 0 Å². The van der Waals surface area contributed by atoms with Crippen LogP contribution in [0.3, 0.4) is 0 Å². The van der Waals surface area contributed by atoms with Crippen LogP contribution in [0.4, 0.5) is 11.4 Å². The molecule has 0 saturated heterocycles. The maximum Gasteiger partial charge on any atom is 0.0677 e. The molecule has 1 N–H and O–H groups in total. The molecular formula is C14H19N3. The summed E-state index contributed by atoms with van der Waals surface area (Å²) in [7, 11) is 4.07. The molecule has 2 atom stereocenters. The summed E-state index contributed by atoms with van der Waals surface area (Å²) < 4.78 is 0. The highest BCUT2D eigenvalue weighted by Gasteiger charge is 2.26. The van der Waals surface area contributed by atoms with E-state index in [4.69, 9.17) is 5.26 Å². The molecule has 0 heterocycles. The second kappa shape index (κ2) is 5.09. The largest absolute Gasteiger partial charge is 0.381 e. The van der Waals surface area contributed by atoms with Gasteiger partial charge in [0.15, 0.2) is 0 Å². The standard InChI is InChI=1S/C14H19N3/c1-17(2)13-7-4-6-12(9-13)16-14-8-3-5-11(14)10-15/h4,6-7,9,11,14,16H,3,5,8H2,1-2H3. The Kier molecular flexibility index (Phi) is 3.53. The Morgan fingerprint density at radius 1 is 1.35 bits per heavy atom. The van der Waals surface area contributed by atoms with Crippen molar-refractivity contribution >= 4 is 11.4 Å². The predicted molar refractivity (Wildman–Crippen MR) is 71.1 cm³/mol. The van der Waals surface area contributed by atoms with Crippen molar-refractivity contribution in [2.24, 2.45) is 5.92 Å². The van der Waals surface area contributed by atoms with Crippen molar-refractivity contribution in [2.75, 3.05) is 24.3 Å². The second-order valence-electron chi connectivity index (χ2n) is 4.86. The Bertz CT molecular complexity index is 420. The minimum absolute atomic E-state index is 0.165. The predicted octanol–water partition coefficient (Wildman–Crippen LogP) is 2.86. The summed E-state index contributed by atoms with van der Waals surface area (Å²) in [6, 6.07) is 11.1. The highest BCUT2D eigenvalue weighted by atomic mass is 15.1. The zero-order valence-corrected chi connectivity index (χ0v) is 10.5. The van der Waals surface area contributed by atoms with Crippen molar-refractivity contribution in [3.63, 3.8) is 0 Å². The first kappa shape index (κ1) is 11.8. The first-order valence-corrected chi connectivity index (χ1v) is 6.14. The molecule has 1 aromatic rings. The van der Waals surface area contributed by atoms with E-state index < -0.39 is 0 Å². The van der Waals surface area contributed by atoms with E-state index >= 15 is 0 Å². The zero-order chi connectivity index (χ0) is 12.3. The van der Waals surface area contributed by atoms with Crippen LogP contribution < -0.4 is 10.2 Å². The van der Waals surface area contributed by atoms with Gasteiger partial charge in [0.25, 0.3) is 0 Å². The highest BCUT2D eigenvalue weighted by molar-refractivity contribution is 5.58. The highest BCUT2D eigenvalue weighted by Crippen LogP contribution is 2.28. The first-order chi connectivity index (χ1) is 8.20. The molecule has 0 aromatic heterocycles. The minimum atomic E-state index is 0.165.